The number of carbonyl (C=O) groups is 1. The first-order chi connectivity index (χ1) is 8.38. The van der Waals surface area contributed by atoms with Crippen molar-refractivity contribution >= 4 is 17.4 Å². The SMILES string of the molecule is O=Cc1cccc2oc(-c3ccccc3)nc12. The van der Waals surface area contributed by atoms with Crippen molar-refractivity contribution in [3.63, 3.8) is 0 Å². The number of hydrogen-bond donors (Lipinski definition) is 0. The third-order valence-corrected chi connectivity index (χ3v) is 2.60. The molecule has 0 bridgehead atoms. The number of carbonyl (C=O) groups excluding carboxylic acids is 1. The second-order valence-electron chi connectivity index (χ2n) is 3.70. The molecule has 0 aliphatic heterocycles. The van der Waals surface area contributed by atoms with Crippen molar-refractivity contribution in [2.24, 2.45) is 0 Å². The molecule has 82 valence electrons. The summed E-state index contributed by atoms with van der Waals surface area (Å²) in [5.41, 5.74) is 2.70. The molecule has 1 heterocycles. The molecule has 0 spiro atoms. The number of aromatic nitrogens is 1. The summed E-state index contributed by atoms with van der Waals surface area (Å²) in [4.78, 5) is 15.2. The number of fused-ring (bicyclic) bond motifs is 1. The van der Waals surface area contributed by atoms with Crippen molar-refractivity contribution < 1.29 is 9.21 Å². The molecule has 17 heavy (non-hydrogen) atoms. The fraction of sp³-hybridized carbons (Fsp3) is 0. The molecule has 0 aliphatic rings. The van der Waals surface area contributed by atoms with Gasteiger partial charge in [0.05, 0.1) is 0 Å². The maximum atomic E-state index is 10.9. The molecule has 2 aromatic carbocycles. The van der Waals surface area contributed by atoms with Crippen LogP contribution in [0.15, 0.2) is 52.9 Å². The second-order valence-corrected chi connectivity index (χ2v) is 3.70. The highest BCUT2D eigenvalue weighted by molar-refractivity contribution is 5.94. The largest absolute Gasteiger partial charge is 0.436 e. The maximum absolute atomic E-state index is 10.9. The van der Waals surface area contributed by atoms with E-state index in [2.05, 4.69) is 4.98 Å². The number of hydrogen-bond acceptors (Lipinski definition) is 3. The first-order valence-corrected chi connectivity index (χ1v) is 5.28. The van der Waals surface area contributed by atoms with E-state index in [1.807, 2.05) is 36.4 Å². The summed E-state index contributed by atoms with van der Waals surface area (Å²) in [7, 11) is 0. The average molecular weight is 223 g/mol. The van der Waals surface area contributed by atoms with Gasteiger partial charge >= 0.3 is 0 Å². The third kappa shape index (κ3) is 1.61. The monoisotopic (exact) mass is 223 g/mol. The van der Waals surface area contributed by atoms with Crippen LogP contribution in [-0.2, 0) is 0 Å². The second kappa shape index (κ2) is 3.87. The van der Waals surface area contributed by atoms with Gasteiger partial charge in [-0.05, 0) is 24.3 Å². The normalized spacial score (nSPS) is 10.6. The van der Waals surface area contributed by atoms with Gasteiger partial charge in [0.1, 0.15) is 5.52 Å². The molecule has 3 nitrogen and oxygen atoms in total. The Kier molecular flexibility index (Phi) is 2.22. The summed E-state index contributed by atoms with van der Waals surface area (Å²) >= 11 is 0. The Morgan fingerprint density at radius 2 is 1.82 bits per heavy atom. The van der Waals surface area contributed by atoms with Crippen LogP contribution in [0.25, 0.3) is 22.6 Å². The highest BCUT2D eigenvalue weighted by Crippen LogP contribution is 2.25. The minimum atomic E-state index is 0.537. The van der Waals surface area contributed by atoms with Gasteiger partial charge in [0.2, 0.25) is 5.89 Å². The molecular formula is C14H9NO2. The lowest BCUT2D eigenvalue weighted by atomic mass is 10.2. The minimum Gasteiger partial charge on any atom is -0.436 e. The summed E-state index contributed by atoms with van der Waals surface area (Å²) < 4.78 is 5.63. The molecule has 0 radical (unpaired) electrons. The summed E-state index contributed by atoms with van der Waals surface area (Å²) in [5, 5.41) is 0. The number of para-hydroxylation sites is 1. The molecule has 0 fully saturated rings. The van der Waals surface area contributed by atoms with Crippen molar-refractivity contribution in [3.8, 4) is 11.5 Å². The van der Waals surface area contributed by atoms with E-state index in [0.717, 1.165) is 11.8 Å². The van der Waals surface area contributed by atoms with E-state index in [-0.39, 0.29) is 0 Å². The molecule has 3 rings (SSSR count). The van der Waals surface area contributed by atoms with Crippen molar-refractivity contribution in [1.82, 2.24) is 4.98 Å². The number of oxazole rings is 1. The fourth-order valence-corrected chi connectivity index (χ4v) is 1.77. The molecule has 3 aromatic rings. The van der Waals surface area contributed by atoms with Crippen LogP contribution < -0.4 is 0 Å². The quantitative estimate of drug-likeness (QED) is 0.626. The van der Waals surface area contributed by atoms with Crippen molar-refractivity contribution in [1.29, 1.82) is 0 Å². The zero-order valence-corrected chi connectivity index (χ0v) is 8.96. The van der Waals surface area contributed by atoms with Gasteiger partial charge in [-0.15, -0.1) is 0 Å². The van der Waals surface area contributed by atoms with Gasteiger partial charge in [0.15, 0.2) is 11.9 Å². The number of benzene rings is 2. The topological polar surface area (TPSA) is 43.1 Å². The van der Waals surface area contributed by atoms with Gasteiger partial charge in [-0.1, -0.05) is 24.3 Å². The Morgan fingerprint density at radius 1 is 1.00 bits per heavy atom. The van der Waals surface area contributed by atoms with Crippen LogP contribution in [0.4, 0.5) is 0 Å². The Balaban J connectivity index is 2.24. The van der Waals surface area contributed by atoms with Crippen LogP contribution in [0.2, 0.25) is 0 Å². The van der Waals surface area contributed by atoms with E-state index in [4.69, 9.17) is 4.42 Å². The van der Waals surface area contributed by atoms with Gasteiger partial charge in [0, 0.05) is 11.1 Å². The van der Waals surface area contributed by atoms with Gasteiger partial charge in [-0.25, -0.2) is 4.98 Å². The summed E-state index contributed by atoms with van der Waals surface area (Å²) in [6.07, 6.45) is 0.791. The molecule has 0 saturated heterocycles. The van der Waals surface area contributed by atoms with Gasteiger partial charge in [-0.3, -0.25) is 4.79 Å². The van der Waals surface area contributed by atoms with Crippen LogP contribution in [0.1, 0.15) is 10.4 Å². The number of aldehydes is 1. The van der Waals surface area contributed by atoms with Crippen LogP contribution in [0.3, 0.4) is 0 Å². The van der Waals surface area contributed by atoms with Crippen molar-refractivity contribution in [2.45, 2.75) is 0 Å². The first kappa shape index (κ1) is 9.78. The van der Waals surface area contributed by atoms with E-state index in [1.165, 1.54) is 0 Å². The maximum Gasteiger partial charge on any atom is 0.227 e. The van der Waals surface area contributed by atoms with E-state index in [0.29, 0.717) is 22.6 Å². The van der Waals surface area contributed by atoms with Crippen molar-refractivity contribution in [2.75, 3.05) is 0 Å². The van der Waals surface area contributed by atoms with Crippen LogP contribution in [0, 0.1) is 0 Å². The predicted octanol–water partition coefficient (Wildman–Crippen LogP) is 3.31. The van der Waals surface area contributed by atoms with E-state index in [1.54, 1.807) is 12.1 Å². The standard InChI is InChI=1S/C14H9NO2/c16-9-11-7-4-8-12-13(11)15-14(17-12)10-5-2-1-3-6-10/h1-9H. The lowest BCUT2D eigenvalue weighted by molar-refractivity contribution is 0.112. The first-order valence-electron chi connectivity index (χ1n) is 5.28. The predicted molar refractivity (Wildman–Crippen MR) is 64.8 cm³/mol. The molecular weight excluding hydrogens is 214 g/mol. The van der Waals surface area contributed by atoms with Crippen LogP contribution >= 0.6 is 0 Å². The van der Waals surface area contributed by atoms with Gasteiger partial charge < -0.3 is 4.42 Å². The van der Waals surface area contributed by atoms with E-state index in [9.17, 15) is 4.79 Å². The molecule has 0 aliphatic carbocycles. The average Bonchev–Trinajstić information content (AvgIpc) is 2.83. The molecule has 0 atom stereocenters. The lowest BCUT2D eigenvalue weighted by Gasteiger charge is -1.91. The summed E-state index contributed by atoms with van der Waals surface area (Å²) in [6.45, 7) is 0. The highest BCUT2D eigenvalue weighted by atomic mass is 16.3. The smallest absolute Gasteiger partial charge is 0.227 e. The van der Waals surface area contributed by atoms with Gasteiger partial charge in [-0.2, -0.15) is 0 Å². The molecule has 0 saturated carbocycles. The lowest BCUT2D eigenvalue weighted by Crippen LogP contribution is -1.81. The van der Waals surface area contributed by atoms with E-state index < -0.39 is 0 Å². The zero-order chi connectivity index (χ0) is 11.7. The van der Waals surface area contributed by atoms with E-state index >= 15 is 0 Å². The Morgan fingerprint density at radius 3 is 2.59 bits per heavy atom. The molecule has 0 N–H and O–H groups in total. The number of rotatable bonds is 2. The molecule has 1 aromatic heterocycles. The highest BCUT2D eigenvalue weighted by Gasteiger charge is 2.10. The summed E-state index contributed by atoms with van der Waals surface area (Å²) in [6, 6.07) is 14.9. The minimum absolute atomic E-state index is 0.537. The Labute approximate surface area is 97.7 Å². The van der Waals surface area contributed by atoms with Crippen LogP contribution in [-0.4, -0.2) is 11.3 Å². The third-order valence-electron chi connectivity index (χ3n) is 2.60. The Hall–Kier alpha value is -2.42. The zero-order valence-electron chi connectivity index (χ0n) is 8.96. The van der Waals surface area contributed by atoms with Crippen LogP contribution in [0.5, 0.6) is 0 Å². The van der Waals surface area contributed by atoms with Gasteiger partial charge in [0.25, 0.3) is 0 Å². The summed E-state index contributed by atoms with van der Waals surface area (Å²) in [5.74, 6) is 0.537. The molecule has 3 heteroatoms. The fourth-order valence-electron chi connectivity index (χ4n) is 1.77. The van der Waals surface area contributed by atoms with Crippen molar-refractivity contribution in [3.05, 3.63) is 54.1 Å². The molecule has 0 amide bonds. The number of nitrogens with zero attached hydrogens (tertiary/aromatic N) is 1. The Bertz CT molecular complexity index is 671. The molecule has 0 unspecified atom stereocenters.